The van der Waals surface area contributed by atoms with E-state index in [-0.39, 0.29) is 22.2 Å². The number of carbonyl (C=O) groups is 2. The lowest BCUT2D eigenvalue weighted by Crippen LogP contribution is -2.35. The van der Waals surface area contributed by atoms with Crippen LogP contribution in [0.3, 0.4) is 0 Å². The largest absolute Gasteiger partial charge is 0.452 e. The molecule has 0 aromatic heterocycles. The Kier molecular flexibility index (Phi) is 7.11. The zero-order valence-electron chi connectivity index (χ0n) is 15.4. The van der Waals surface area contributed by atoms with Crippen LogP contribution in [0, 0.1) is 5.82 Å². The summed E-state index contributed by atoms with van der Waals surface area (Å²) in [7, 11) is -4.04. The SMILES string of the molecule is CCC(C)NC(=O)COC(=O)c1ccccc1NS(=O)(=O)c1ccc(F)cc1. The van der Waals surface area contributed by atoms with Crippen LogP contribution in [0.1, 0.15) is 30.6 Å². The topological polar surface area (TPSA) is 102 Å². The van der Waals surface area contributed by atoms with Crippen LogP contribution in [0.4, 0.5) is 10.1 Å². The molecule has 0 saturated carbocycles. The summed E-state index contributed by atoms with van der Waals surface area (Å²) in [5, 5.41) is 2.66. The number of hydrogen-bond acceptors (Lipinski definition) is 5. The van der Waals surface area contributed by atoms with Crippen molar-refractivity contribution in [3.05, 3.63) is 59.9 Å². The molecule has 0 fully saturated rings. The molecular formula is C19H21FN2O5S. The van der Waals surface area contributed by atoms with Crippen molar-refractivity contribution in [2.24, 2.45) is 0 Å². The number of sulfonamides is 1. The minimum atomic E-state index is -4.04. The molecule has 9 heteroatoms. The van der Waals surface area contributed by atoms with E-state index < -0.39 is 34.3 Å². The molecule has 150 valence electrons. The third-order valence-corrected chi connectivity index (χ3v) is 5.25. The maximum atomic E-state index is 13.0. The molecule has 0 bridgehead atoms. The van der Waals surface area contributed by atoms with Gasteiger partial charge < -0.3 is 10.1 Å². The molecule has 0 aliphatic heterocycles. The molecule has 0 aliphatic carbocycles. The smallest absolute Gasteiger partial charge is 0.340 e. The van der Waals surface area contributed by atoms with Crippen LogP contribution in [0.5, 0.6) is 0 Å². The predicted octanol–water partition coefficient (Wildman–Crippen LogP) is 2.70. The number of esters is 1. The van der Waals surface area contributed by atoms with Gasteiger partial charge in [-0.05, 0) is 49.7 Å². The van der Waals surface area contributed by atoms with Crippen LogP contribution >= 0.6 is 0 Å². The highest BCUT2D eigenvalue weighted by atomic mass is 32.2. The average molecular weight is 408 g/mol. The lowest BCUT2D eigenvalue weighted by molar-refractivity contribution is -0.124. The normalized spacial score (nSPS) is 12.1. The van der Waals surface area contributed by atoms with Crippen molar-refractivity contribution in [1.29, 1.82) is 0 Å². The molecule has 1 atom stereocenters. The summed E-state index contributed by atoms with van der Waals surface area (Å²) >= 11 is 0. The lowest BCUT2D eigenvalue weighted by atomic mass is 10.2. The molecule has 0 radical (unpaired) electrons. The van der Waals surface area contributed by atoms with Crippen LogP contribution in [0.25, 0.3) is 0 Å². The minimum Gasteiger partial charge on any atom is -0.452 e. The molecule has 0 heterocycles. The second-order valence-electron chi connectivity index (χ2n) is 6.06. The van der Waals surface area contributed by atoms with Gasteiger partial charge in [0.15, 0.2) is 6.61 Å². The van der Waals surface area contributed by atoms with Crippen molar-refractivity contribution in [2.75, 3.05) is 11.3 Å². The van der Waals surface area contributed by atoms with Gasteiger partial charge >= 0.3 is 5.97 Å². The highest BCUT2D eigenvalue weighted by Crippen LogP contribution is 2.21. The number of carbonyl (C=O) groups excluding carboxylic acids is 2. The quantitative estimate of drug-likeness (QED) is 0.654. The Balaban J connectivity index is 2.13. The first-order valence-electron chi connectivity index (χ1n) is 8.57. The number of para-hydroxylation sites is 1. The Morgan fingerprint density at radius 1 is 1.11 bits per heavy atom. The van der Waals surface area contributed by atoms with Gasteiger partial charge in [-0.25, -0.2) is 17.6 Å². The first kappa shape index (κ1) is 21.4. The molecule has 2 aromatic rings. The van der Waals surface area contributed by atoms with Gasteiger partial charge in [0.05, 0.1) is 16.1 Å². The Hall–Kier alpha value is -2.94. The number of benzene rings is 2. The zero-order chi connectivity index (χ0) is 20.7. The molecule has 0 aliphatic rings. The maximum absolute atomic E-state index is 13.0. The summed E-state index contributed by atoms with van der Waals surface area (Å²) in [6.07, 6.45) is 0.730. The molecule has 0 saturated heterocycles. The van der Waals surface area contributed by atoms with Crippen LogP contribution in [-0.4, -0.2) is 32.9 Å². The van der Waals surface area contributed by atoms with E-state index in [1.807, 2.05) is 13.8 Å². The number of hydrogen-bond donors (Lipinski definition) is 2. The minimum absolute atomic E-state index is 0.0147. The number of ether oxygens (including phenoxy) is 1. The molecular weight excluding hydrogens is 387 g/mol. The second kappa shape index (κ2) is 9.32. The Bertz CT molecular complexity index is 945. The number of anilines is 1. The van der Waals surface area contributed by atoms with Crippen molar-refractivity contribution >= 4 is 27.6 Å². The van der Waals surface area contributed by atoms with E-state index in [2.05, 4.69) is 10.0 Å². The fourth-order valence-electron chi connectivity index (χ4n) is 2.19. The van der Waals surface area contributed by atoms with Crippen LogP contribution < -0.4 is 10.0 Å². The zero-order valence-corrected chi connectivity index (χ0v) is 16.3. The molecule has 2 rings (SSSR count). The van der Waals surface area contributed by atoms with Crippen molar-refractivity contribution in [3.8, 4) is 0 Å². The summed E-state index contributed by atoms with van der Waals surface area (Å²) < 4.78 is 45.2. The van der Waals surface area contributed by atoms with Gasteiger partial charge in [-0.15, -0.1) is 0 Å². The molecule has 2 aromatic carbocycles. The van der Waals surface area contributed by atoms with Gasteiger partial charge in [0, 0.05) is 6.04 Å². The molecule has 2 N–H and O–H groups in total. The first-order chi connectivity index (χ1) is 13.2. The van der Waals surface area contributed by atoms with E-state index >= 15 is 0 Å². The maximum Gasteiger partial charge on any atom is 0.340 e. The molecule has 1 amide bonds. The van der Waals surface area contributed by atoms with Crippen molar-refractivity contribution < 1.29 is 27.1 Å². The number of rotatable bonds is 8. The summed E-state index contributed by atoms with van der Waals surface area (Å²) in [6.45, 7) is 3.24. The fraction of sp³-hybridized carbons (Fsp3) is 0.263. The van der Waals surface area contributed by atoms with Gasteiger partial charge in [-0.1, -0.05) is 19.1 Å². The lowest BCUT2D eigenvalue weighted by Gasteiger charge is -2.13. The summed E-state index contributed by atoms with van der Waals surface area (Å²) in [6, 6.07) is 10.0. The third kappa shape index (κ3) is 5.78. The summed E-state index contributed by atoms with van der Waals surface area (Å²) in [5.74, 6) is -1.87. The highest BCUT2D eigenvalue weighted by molar-refractivity contribution is 7.92. The second-order valence-corrected chi connectivity index (χ2v) is 7.74. The van der Waals surface area contributed by atoms with E-state index in [1.165, 1.54) is 24.3 Å². The highest BCUT2D eigenvalue weighted by Gasteiger charge is 2.20. The predicted molar refractivity (Wildman–Crippen MR) is 102 cm³/mol. The fourth-order valence-corrected chi connectivity index (χ4v) is 3.27. The average Bonchev–Trinajstić information content (AvgIpc) is 2.66. The van der Waals surface area contributed by atoms with Crippen molar-refractivity contribution in [3.63, 3.8) is 0 Å². The standard InChI is InChI=1S/C19H21FN2O5S/c1-3-13(2)21-18(23)12-27-19(24)16-6-4-5-7-17(16)22-28(25,26)15-10-8-14(20)9-11-15/h4-11,13,22H,3,12H2,1-2H3,(H,21,23). The Morgan fingerprint density at radius 2 is 1.75 bits per heavy atom. The van der Waals surface area contributed by atoms with Crippen LogP contribution in [0.2, 0.25) is 0 Å². The Morgan fingerprint density at radius 3 is 2.39 bits per heavy atom. The number of halogens is 1. The number of amides is 1. The van der Waals surface area contributed by atoms with Crippen LogP contribution in [-0.2, 0) is 19.6 Å². The van der Waals surface area contributed by atoms with Gasteiger partial charge in [0.2, 0.25) is 0 Å². The van der Waals surface area contributed by atoms with Crippen molar-refractivity contribution in [1.82, 2.24) is 5.32 Å². The summed E-state index contributed by atoms with van der Waals surface area (Å²) in [5.41, 5.74) is -0.0660. The van der Waals surface area contributed by atoms with Gasteiger partial charge in [0.25, 0.3) is 15.9 Å². The van der Waals surface area contributed by atoms with E-state index in [1.54, 1.807) is 0 Å². The molecule has 7 nitrogen and oxygen atoms in total. The summed E-state index contributed by atoms with van der Waals surface area (Å²) in [4.78, 5) is 23.9. The molecule has 0 spiro atoms. The third-order valence-electron chi connectivity index (χ3n) is 3.87. The molecule has 28 heavy (non-hydrogen) atoms. The van der Waals surface area contributed by atoms with Gasteiger partial charge in [0.1, 0.15) is 5.82 Å². The van der Waals surface area contributed by atoms with E-state index in [4.69, 9.17) is 4.74 Å². The van der Waals surface area contributed by atoms with E-state index in [9.17, 15) is 22.4 Å². The molecule has 1 unspecified atom stereocenters. The Labute approximate surface area is 163 Å². The monoisotopic (exact) mass is 408 g/mol. The van der Waals surface area contributed by atoms with Crippen molar-refractivity contribution in [2.45, 2.75) is 31.2 Å². The first-order valence-corrected chi connectivity index (χ1v) is 10.0. The van der Waals surface area contributed by atoms with Gasteiger partial charge in [-0.2, -0.15) is 0 Å². The van der Waals surface area contributed by atoms with Gasteiger partial charge in [-0.3, -0.25) is 9.52 Å². The van der Waals surface area contributed by atoms with E-state index in [0.29, 0.717) is 0 Å². The van der Waals surface area contributed by atoms with Crippen LogP contribution in [0.15, 0.2) is 53.4 Å². The number of nitrogens with one attached hydrogen (secondary N) is 2. The van der Waals surface area contributed by atoms with E-state index in [0.717, 1.165) is 30.7 Å².